The smallest absolute Gasteiger partial charge is 0.257 e. The van der Waals surface area contributed by atoms with Gasteiger partial charge in [0.25, 0.3) is 11.8 Å². The number of amides is 1. The van der Waals surface area contributed by atoms with Gasteiger partial charge >= 0.3 is 0 Å². The van der Waals surface area contributed by atoms with Gasteiger partial charge in [-0.05, 0) is 36.8 Å². The number of rotatable bonds is 6. The molecule has 34 heavy (non-hydrogen) atoms. The third-order valence-electron chi connectivity index (χ3n) is 5.74. The van der Waals surface area contributed by atoms with Crippen LogP contribution in [0.5, 0.6) is 11.6 Å². The number of likely N-dealkylation sites (tertiary alicyclic amines) is 1. The Morgan fingerprint density at radius 2 is 2.03 bits per heavy atom. The summed E-state index contributed by atoms with van der Waals surface area (Å²) in [4.78, 5) is 22.3. The number of aromatic nitrogens is 3. The zero-order chi connectivity index (χ0) is 24.3. The molecule has 1 aliphatic heterocycles. The number of nitrogens with zero attached hydrogens (tertiary/aromatic N) is 4. The first kappa shape index (κ1) is 23.4. The molecule has 3 aromatic heterocycles. The van der Waals surface area contributed by atoms with Crippen molar-refractivity contribution in [3.8, 4) is 11.6 Å². The summed E-state index contributed by atoms with van der Waals surface area (Å²) >= 11 is 0. The highest BCUT2D eigenvalue weighted by molar-refractivity contribution is 5.93. The maximum absolute atomic E-state index is 14.6. The third kappa shape index (κ3) is 5.25. The fraction of sp³-hybridized carbons (Fsp3) is 0.304. The Morgan fingerprint density at radius 1 is 1.26 bits per heavy atom. The molecule has 0 spiro atoms. The number of pyridine rings is 3. The number of hydrogen-bond donors (Lipinski definition) is 1. The predicted molar refractivity (Wildman–Crippen MR) is 116 cm³/mol. The molecule has 1 N–H and O–H groups in total. The summed E-state index contributed by atoms with van der Waals surface area (Å²) in [5.41, 5.74) is 0.344. The summed E-state index contributed by atoms with van der Waals surface area (Å²) in [6.07, 6.45) is 4.66. The number of alkyl halides is 2. The molecular weight excluding hydrogens is 451 g/mol. The molecule has 8 nitrogen and oxygen atoms in total. The number of carbonyl (C=O) groups excluding carboxylic acids is 1. The number of nitrogens with one attached hydrogen (secondary N) is 1. The lowest BCUT2D eigenvalue weighted by atomic mass is 9.87. The molecule has 1 aliphatic rings. The van der Waals surface area contributed by atoms with Gasteiger partial charge in [-0.3, -0.25) is 9.69 Å². The van der Waals surface area contributed by atoms with E-state index in [1.54, 1.807) is 11.8 Å². The van der Waals surface area contributed by atoms with E-state index in [-0.39, 0.29) is 30.5 Å². The van der Waals surface area contributed by atoms with Crippen molar-refractivity contribution in [3.05, 3.63) is 77.8 Å². The Bertz CT molecular complexity index is 1150. The monoisotopic (exact) mass is 473 g/mol. The molecule has 4 heterocycles. The molecule has 2 atom stereocenters. The van der Waals surface area contributed by atoms with Crippen molar-refractivity contribution in [2.75, 3.05) is 18.4 Å². The molecule has 0 aliphatic carbocycles. The van der Waals surface area contributed by atoms with Crippen LogP contribution in [0, 0.1) is 11.0 Å². The van der Waals surface area contributed by atoms with Gasteiger partial charge in [0.1, 0.15) is 11.6 Å². The van der Waals surface area contributed by atoms with E-state index in [0.29, 0.717) is 10.3 Å². The second-order valence-electron chi connectivity index (χ2n) is 7.99. The molecule has 0 aromatic carbocycles. The molecule has 1 unspecified atom stereocenters. The molecule has 1 fully saturated rings. The highest BCUT2D eigenvalue weighted by Gasteiger charge is 2.46. The van der Waals surface area contributed by atoms with E-state index >= 15 is 0 Å². The van der Waals surface area contributed by atoms with Crippen molar-refractivity contribution in [2.45, 2.75) is 31.2 Å². The van der Waals surface area contributed by atoms with Crippen LogP contribution in [-0.2, 0) is 4.79 Å². The molecule has 11 heteroatoms. The minimum atomic E-state index is -2.95. The first-order chi connectivity index (χ1) is 16.2. The van der Waals surface area contributed by atoms with E-state index in [9.17, 15) is 23.2 Å². The van der Waals surface area contributed by atoms with Crippen molar-refractivity contribution in [1.29, 1.82) is 0 Å². The van der Waals surface area contributed by atoms with E-state index in [1.165, 1.54) is 61.2 Å². The number of carbonyl (C=O) groups is 1. The van der Waals surface area contributed by atoms with Crippen LogP contribution >= 0.6 is 0 Å². The van der Waals surface area contributed by atoms with E-state index < -0.39 is 36.0 Å². The summed E-state index contributed by atoms with van der Waals surface area (Å²) in [5, 5.41) is 13.9. The first-order valence-corrected chi connectivity index (χ1v) is 10.6. The zero-order valence-electron chi connectivity index (χ0n) is 18.2. The van der Waals surface area contributed by atoms with E-state index in [4.69, 9.17) is 4.74 Å². The fourth-order valence-electron chi connectivity index (χ4n) is 3.75. The summed E-state index contributed by atoms with van der Waals surface area (Å²) in [6.45, 7) is 1.64. The molecule has 4 rings (SSSR count). The van der Waals surface area contributed by atoms with Crippen molar-refractivity contribution >= 4 is 11.7 Å². The minimum absolute atomic E-state index is 0.0414. The van der Waals surface area contributed by atoms with Crippen LogP contribution in [0.1, 0.15) is 24.8 Å². The van der Waals surface area contributed by atoms with Gasteiger partial charge in [-0.25, -0.2) is 23.1 Å². The predicted octanol–water partition coefficient (Wildman–Crippen LogP) is 3.49. The summed E-state index contributed by atoms with van der Waals surface area (Å²) < 4.78 is 48.7. The molecule has 0 saturated carbocycles. The van der Waals surface area contributed by atoms with Crippen LogP contribution in [0.15, 0.2) is 61.2 Å². The Kier molecular flexibility index (Phi) is 6.64. The van der Waals surface area contributed by atoms with Crippen LogP contribution in [0.4, 0.5) is 19.0 Å². The maximum atomic E-state index is 14.6. The van der Waals surface area contributed by atoms with Gasteiger partial charge < -0.3 is 15.3 Å². The largest absolute Gasteiger partial charge is 0.619 e. The van der Waals surface area contributed by atoms with Crippen LogP contribution < -0.4 is 14.8 Å². The highest BCUT2D eigenvalue weighted by Crippen LogP contribution is 2.40. The molecule has 0 radical (unpaired) electrons. The second kappa shape index (κ2) is 9.64. The van der Waals surface area contributed by atoms with Gasteiger partial charge in [0.05, 0.1) is 18.2 Å². The fourth-order valence-corrected chi connectivity index (χ4v) is 3.75. The zero-order valence-corrected chi connectivity index (χ0v) is 18.2. The minimum Gasteiger partial charge on any atom is -0.619 e. The Balaban J connectivity index is 1.39. The van der Waals surface area contributed by atoms with Crippen molar-refractivity contribution in [3.63, 3.8) is 0 Å². The quantitative estimate of drug-likeness (QED) is 0.435. The van der Waals surface area contributed by atoms with Gasteiger partial charge in [-0.15, -0.1) is 0 Å². The van der Waals surface area contributed by atoms with E-state index in [2.05, 4.69) is 15.3 Å². The van der Waals surface area contributed by atoms with E-state index in [0.717, 1.165) is 0 Å². The lowest BCUT2D eigenvalue weighted by Crippen LogP contribution is -2.52. The Hall–Kier alpha value is -3.73. The summed E-state index contributed by atoms with van der Waals surface area (Å²) in [5.74, 6) is -4.87. The van der Waals surface area contributed by atoms with Gasteiger partial charge in [0.15, 0.2) is 18.2 Å². The Morgan fingerprint density at radius 3 is 2.71 bits per heavy atom. The summed E-state index contributed by atoms with van der Waals surface area (Å²) in [7, 11) is 0. The van der Waals surface area contributed by atoms with Crippen molar-refractivity contribution < 1.29 is 27.4 Å². The lowest BCUT2D eigenvalue weighted by molar-refractivity contribution is -0.605. The first-order valence-electron chi connectivity index (χ1n) is 10.6. The molecular formula is C23H22F3N5O3. The molecule has 0 bridgehead atoms. The van der Waals surface area contributed by atoms with Crippen LogP contribution in [0.2, 0.25) is 0 Å². The normalized spacial score (nSPS) is 18.8. The number of piperidine rings is 1. The van der Waals surface area contributed by atoms with E-state index in [1.807, 2.05) is 0 Å². The molecule has 178 valence electrons. The highest BCUT2D eigenvalue weighted by atomic mass is 19.3. The molecule has 3 aromatic rings. The van der Waals surface area contributed by atoms with Gasteiger partial charge in [0, 0.05) is 37.8 Å². The van der Waals surface area contributed by atoms with Gasteiger partial charge in [-0.2, -0.15) is 4.73 Å². The lowest BCUT2D eigenvalue weighted by Gasteiger charge is -2.40. The van der Waals surface area contributed by atoms with Crippen molar-refractivity contribution in [2.24, 2.45) is 0 Å². The number of hydrogen-bond acceptors (Lipinski definition) is 6. The topological polar surface area (TPSA) is 94.3 Å². The van der Waals surface area contributed by atoms with Crippen LogP contribution in [0.3, 0.4) is 0 Å². The molecule has 1 saturated heterocycles. The van der Waals surface area contributed by atoms with Crippen LogP contribution in [-0.4, -0.2) is 45.8 Å². The van der Waals surface area contributed by atoms with Crippen molar-refractivity contribution in [1.82, 2.24) is 14.9 Å². The number of anilines is 1. The average Bonchev–Trinajstić information content (AvgIpc) is 2.82. The second-order valence-corrected chi connectivity index (χ2v) is 7.99. The van der Waals surface area contributed by atoms with Crippen LogP contribution in [0.25, 0.3) is 0 Å². The van der Waals surface area contributed by atoms with Gasteiger partial charge in [0.2, 0.25) is 5.91 Å². The third-order valence-corrected chi connectivity index (χ3v) is 5.74. The standard InChI is InChI=1S/C23H22F3N5O3/c1-15(30-12-8-23(25,26)18(14-30)16-6-10-31(33)11-7-16)21(32)29-20-5-4-17(13-28-20)34-22-19(24)3-2-9-27-22/h2-7,9-11,13,15,18H,8,12,14H2,1H3,(H,28,29,32)/t15?,18-/m1/s1. The Labute approximate surface area is 193 Å². The SMILES string of the molecule is CC(C(=O)Nc1ccc(Oc2ncccc2F)cn1)N1CCC(F)(F)[C@@H](c2cc[n+]([O-])cc2)C1. The maximum Gasteiger partial charge on any atom is 0.257 e. The molecule has 1 amide bonds. The average molecular weight is 473 g/mol. The van der Waals surface area contributed by atoms with Gasteiger partial charge in [-0.1, -0.05) is 0 Å². The summed E-state index contributed by atoms with van der Waals surface area (Å²) in [6, 6.07) is 7.69. The number of halogens is 3. The number of ether oxygens (including phenoxy) is 1.